The number of aliphatic hydroxyl groups excluding tert-OH is 1. The van der Waals surface area contributed by atoms with Crippen molar-refractivity contribution in [3.63, 3.8) is 0 Å². The second kappa shape index (κ2) is 4.92. The molecule has 1 atom stereocenters. The molecule has 0 amide bonds. The molecule has 17 heavy (non-hydrogen) atoms. The van der Waals surface area contributed by atoms with Crippen LogP contribution in [0.15, 0.2) is 28.7 Å². The predicted octanol–water partition coefficient (Wildman–Crippen LogP) is 4.52. The lowest BCUT2D eigenvalue weighted by molar-refractivity contribution is 0.219. The van der Waals surface area contributed by atoms with Crippen molar-refractivity contribution in [2.45, 2.75) is 26.9 Å². The third kappa shape index (κ3) is 2.46. The lowest BCUT2D eigenvalue weighted by Crippen LogP contribution is -2.02. The molecule has 1 aromatic carbocycles. The molecule has 0 fully saturated rings. The van der Waals surface area contributed by atoms with Gasteiger partial charge >= 0.3 is 0 Å². The van der Waals surface area contributed by atoms with E-state index in [4.69, 9.17) is 0 Å². The van der Waals surface area contributed by atoms with Crippen LogP contribution in [-0.4, -0.2) is 5.11 Å². The Morgan fingerprint density at radius 1 is 1.18 bits per heavy atom. The van der Waals surface area contributed by atoms with Crippen LogP contribution in [-0.2, 0) is 0 Å². The van der Waals surface area contributed by atoms with Gasteiger partial charge in [-0.3, -0.25) is 0 Å². The summed E-state index contributed by atoms with van der Waals surface area (Å²) in [6, 6.07) is 8.02. The fourth-order valence-corrected chi connectivity index (χ4v) is 3.35. The topological polar surface area (TPSA) is 20.2 Å². The van der Waals surface area contributed by atoms with E-state index in [-0.39, 0.29) is 0 Å². The minimum absolute atomic E-state index is 0.530. The zero-order valence-corrected chi connectivity index (χ0v) is 12.5. The summed E-state index contributed by atoms with van der Waals surface area (Å²) in [7, 11) is 0. The standard InChI is InChI=1S/C14H15BrOS/c1-8-7-12(10(3)17-8)14(16)11-5-4-6-13(15)9(11)2/h4-7,14,16H,1-3H3. The van der Waals surface area contributed by atoms with Gasteiger partial charge in [0.1, 0.15) is 6.10 Å². The number of hydrogen-bond donors (Lipinski definition) is 1. The Labute approximate surface area is 114 Å². The van der Waals surface area contributed by atoms with E-state index < -0.39 is 6.10 Å². The average Bonchev–Trinajstić information content (AvgIpc) is 2.61. The van der Waals surface area contributed by atoms with Crippen molar-refractivity contribution in [2.24, 2.45) is 0 Å². The van der Waals surface area contributed by atoms with Crippen molar-refractivity contribution in [1.82, 2.24) is 0 Å². The third-order valence-corrected chi connectivity index (χ3v) is 4.82. The minimum atomic E-state index is -0.530. The molecule has 0 aliphatic carbocycles. The van der Waals surface area contributed by atoms with Crippen LogP contribution in [0.5, 0.6) is 0 Å². The van der Waals surface area contributed by atoms with Crippen molar-refractivity contribution in [1.29, 1.82) is 0 Å². The molecule has 2 aromatic rings. The van der Waals surface area contributed by atoms with Gasteiger partial charge in [-0.15, -0.1) is 11.3 Å². The highest BCUT2D eigenvalue weighted by Crippen LogP contribution is 2.33. The van der Waals surface area contributed by atoms with Crippen molar-refractivity contribution < 1.29 is 5.11 Å². The van der Waals surface area contributed by atoms with E-state index in [1.807, 2.05) is 25.1 Å². The molecular formula is C14H15BrOS. The molecule has 0 bridgehead atoms. The smallest absolute Gasteiger partial charge is 0.105 e. The zero-order chi connectivity index (χ0) is 12.6. The van der Waals surface area contributed by atoms with Crippen molar-refractivity contribution in [3.05, 3.63) is 55.2 Å². The van der Waals surface area contributed by atoms with E-state index in [0.717, 1.165) is 21.2 Å². The molecule has 0 spiro atoms. The number of aliphatic hydroxyl groups is 1. The number of rotatable bonds is 2. The highest BCUT2D eigenvalue weighted by molar-refractivity contribution is 9.10. The van der Waals surface area contributed by atoms with E-state index in [0.29, 0.717) is 0 Å². The Balaban J connectivity index is 2.47. The molecule has 1 nitrogen and oxygen atoms in total. The number of benzene rings is 1. The minimum Gasteiger partial charge on any atom is -0.384 e. The van der Waals surface area contributed by atoms with E-state index in [9.17, 15) is 5.11 Å². The molecule has 1 heterocycles. The van der Waals surface area contributed by atoms with Gasteiger partial charge in [-0.25, -0.2) is 0 Å². The molecule has 0 aliphatic heterocycles. The van der Waals surface area contributed by atoms with Crippen molar-refractivity contribution in [2.75, 3.05) is 0 Å². The van der Waals surface area contributed by atoms with Gasteiger partial charge < -0.3 is 5.11 Å². The molecule has 0 saturated carbocycles. The highest BCUT2D eigenvalue weighted by Gasteiger charge is 2.17. The van der Waals surface area contributed by atoms with Crippen LogP contribution in [0, 0.1) is 20.8 Å². The van der Waals surface area contributed by atoms with E-state index in [1.54, 1.807) is 11.3 Å². The predicted molar refractivity (Wildman–Crippen MR) is 76.7 cm³/mol. The first kappa shape index (κ1) is 12.8. The molecule has 1 unspecified atom stereocenters. The maximum Gasteiger partial charge on any atom is 0.105 e. The van der Waals surface area contributed by atoms with Crippen molar-refractivity contribution >= 4 is 27.3 Å². The van der Waals surface area contributed by atoms with Gasteiger partial charge in [0.2, 0.25) is 0 Å². The van der Waals surface area contributed by atoms with Gasteiger partial charge in [0.15, 0.2) is 0 Å². The van der Waals surface area contributed by atoms with Gasteiger partial charge in [0.05, 0.1) is 0 Å². The fraction of sp³-hybridized carbons (Fsp3) is 0.286. The Kier molecular flexibility index (Phi) is 3.71. The summed E-state index contributed by atoms with van der Waals surface area (Å²) >= 11 is 5.23. The quantitative estimate of drug-likeness (QED) is 0.864. The van der Waals surface area contributed by atoms with Crippen LogP contribution in [0.1, 0.15) is 32.5 Å². The summed E-state index contributed by atoms with van der Waals surface area (Å²) < 4.78 is 1.04. The molecule has 90 valence electrons. The second-order valence-electron chi connectivity index (χ2n) is 4.23. The normalized spacial score (nSPS) is 12.8. The average molecular weight is 311 g/mol. The lowest BCUT2D eigenvalue weighted by Gasteiger charge is -2.14. The van der Waals surface area contributed by atoms with E-state index in [1.165, 1.54) is 9.75 Å². The van der Waals surface area contributed by atoms with Gasteiger partial charge in [0.25, 0.3) is 0 Å². The molecule has 0 aliphatic rings. The Bertz CT molecular complexity index is 545. The Hall–Kier alpha value is -0.640. The summed E-state index contributed by atoms with van der Waals surface area (Å²) in [6.07, 6.45) is -0.530. The first-order chi connectivity index (χ1) is 8.00. The van der Waals surface area contributed by atoms with Gasteiger partial charge in [-0.2, -0.15) is 0 Å². The second-order valence-corrected chi connectivity index (χ2v) is 6.54. The lowest BCUT2D eigenvalue weighted by atomic mass is 9.98. The summed E-state index contributed by atoms with van der Waals surface area (Å²) in [5, 5.41) is 10.5. The molecular weight excluding hydrogens is 296 g/mol. The van der Waals surface area contributed by atoms with Gasteiger partial charge in [0, 0.05) is 14.2 Å². The van der Waals surface area contributed by atoms with E-state index in [2.05, 4.69) is 35.8 Å². The molecule has 0 radical (unpaired) electrons. The van der Waals surface area contributed by atoms with Crippen LogP contribution < -0.4 is 0 Å². The molecule has 1 aromatic heterocycles. The number of thiophene rings is 1. The Morgan fingerprint density at radius 3 is 2.47 bits per heavy atom. The summed E-state index contributed by atoms with van der Waals surface area (Å²) in [6.45, 7) is 6.16. The Morgan fingerprint density at radius 2 is 1.88 bits per heavy atom. The first-order valence-electron chi connectivity index (χ1n) is 5.50. The maximum atomic E-state index is 10.5. The molecule has 0 saturated heterocycles. The van der Waals surface area contributed by atoms with Crippen LogP contribution in [0.2, 0.25) is 0 Å². The fourth-order valence-electron chi connectivity index (χ4n) is 2.01. The SMILES string of the molecule is Cc1cc(C(O)c2cccc(Br)c2C)c(C)s1. The molecule has 3 heteroatoms. The van der Waals surface area contributed by atoms with Crippen LogP contribution >= 0.6 is 27.3 Å². The first-order valence-corrected chi connectivity index (χ1v) is 7.11. The summed E-state index contributed by atoms with van der Waals surface area (Å²) in [4.78, 5) is 2.43. The summed E-state index contributed by atoms with van der Waals surface area (Å²) in [5.74, 6) is 0. The molecule has 1 N–H and O–H groups in total. The number of aryl methyl sites for hydroxylation is 2. The number of hydrogen-bond acceptors (Lipinski definition) is 2. The largest absolute Gasteiger partial charge is 0.384 e. The third-order valence-electron chi connectivity index (χ3n) is 2.98. The molecule has 2 rings (SSSR count). The van der Waals surface area contributed by atoms with Crippen LogP contribution in [0.3, 0.4) is 0 Å². The van der Waals surface area contributed by atoms with Crippen LogP contribution in [0.4, 0.5) is 0 Å². The van der Waals surface area contributed by atoms with E-state index >= 15 is 0 Å². The monoisotopic (exact) mass is 310 g/mol. The highest BCUT2D eigenvalue weighted by atomic mass is 79.9. The van der Waals surface area contributed by atoms with Crippen LogP contribution in [0.25, 0.3) is 0 Å². The van der Waals surface area contributed by atoms with Gasteiger partial charge in [-0.05, 0) is 49.6 Å². The summed E-state index contributed by atoms with van der Waals surface area (Å²) in [5.41, 5.74) is 3.09. The van der Waals surface area contributed by atoms with Crippen molar-refractivity contribution in [3.8, 4) is 0 Å². The van der Waals surface area contributed by atoms with Gasteiger partial charge in [-0.1, -0.05) is 28.1 Å². The number of halogens is 1. The maximum absolute atomic E-state index is 10.5. The zero-order valence-electron chi connectivity index (χ0n) is 10.1.